The van der Waals surface area contributed by atoms with E-state index in [0.29, 0.717) is 36.8 Å². The van der Waals surface area contributed by atoms with E-state index in [9.17, 15) is 9.90 Å². The third kappa shape index (κ3) is 4.47. The number of hydrogen-bond acceptors (Lipinski definition) is 5. The van der Waals surface area contributed by atoms with Crippen LogP contribution in [0.3, 0.4) is 0 Å². The number of benzene rings is 1. The van der Waals surface area contributed by atoms with Crippen LogP contribution in [0.15, 0.2) is 24.3 Å². The summed E-state index contributed by atoms with van der Waals surface area (Å²) in [6.45, 7) is 4.72. The number of amides is 1. The zero-order valence-corrected chi connectivity index (χ0v) is 15.6. The molecule has 7 nitrogen and oxygen atoms in total. The molecule has 2 atom stereocenters. The van der Waals surface area contributed by atoms with Crippen molar-refractivity contribution < 1.29 is 9.90 Å². The smallest absolute Gasteiger partial charge is 0.246 e. The topological polar surface area (TPSA) is 84.1 Å². The quantitative estimate of drug-likeness (QED) is 0.827. The Hall–Kier alpha value is -2.25. The van der Waals surface area contributed by atoms with Crippen LogP contribution in [0.4, 0.5) is 0 Å². The number of carbonyl (C=O) groups excluding carboxylic acids is 1. The minimum atomic E-state index is -0.320. The van der Waals surface area contributed by atoms with Gasteiger partial charge in [-0.2, -0.15) is 4.80 Å². The van der Waals surface area contributed by atoms with Crippen LogP contribution in [0.5, 0.6) is 0 Å². The molecule has 0 bridgehead atoms. The molecule has 1 aromatic carbocycles. The van der Waals surface area contributed by atoms with Gasteiger partial charge in [-0.15, -0.1) is 10.2 Å². The average molecular weight is 376 g/mol. The van der Waals surface area contributed by atoms with Crippen LogP contribution in [-0.2, 0) is 11.3 Å². The second-order valence-corrected chi connectivity index (χ2v) is 7.04. The predicted molar refractivity (Wildman–Crippen MR) is 98.6 cm³/mol. The number of aliphatic hydroxyl groups is 1. The van der Waals surface area contributed by atoms with Crippen molar-refractivity contribution in [3.05, 3.63) is 46.2 Å². The normalized spacial score (nSPS) is 20.7. The van der Waals surface area contributed by atoms with E-state index in [1.165, 1.54) is 4.80 Å². The molecule has 2 aromatic rings. The molecule has 0 radical (unpaired) electrons. The van der Waals surface area contributed by atoms with Gasteiger partial charge in [-0.3, -0.25) is 4.79 Å². The van der Waals surface area contributed by atoms with E-state index < -0.39 is 0 Å². The van der Waals surface area contributed by atoms with Crippen LogP contribution in [0.1, 0.15) is 36.7 Å². The fourth-order valence-electron chi connectivity index (χ4n) is 3.15. The van der Waals surface area contributed by atoms with Crippen molar-refractivity contribution in [2.24, 2.45) is 0 Å². The highest BCUT2D eigenvalue weighted by Crippen LogP contribution is 2.20. The van der Waals surface area contributed by atoms with Crippen molar-refractivity contribution in [1.82, 2.24) is 25.1 Å². The van der Waals surface area contributed by atoms with E-state index in [1.54, 1.807) is 30.0 Å². The van der Waals surface area contributed by atoms with Gasteiger partial charge < -0.3 is 10.0 Å². The summed E-state index contributed by atoms with van der Waals surface area (Å²) < 4.78 is 0. The Labute approximate surface area is 157 Å². The van der Waals surface area contributed by atoms with Gasteiger partial charge in [0.25, 0.3) is 0 Å². The maximum atomic E-state index is 12.5. The minimum absolute atomic E-state index is 0.0305. The second-order valence-electron chi connectivity index (χ2n) is 6.60. The Balaban J connectivity index is 1.76. The highest BCUT2D eigenvalue weighted by Gasteiger charge is 2.26. The fourth-order valence-corrected chi connectivity index (χ4v) is 3.34. The summed E-state index contributed by atoms with van der Waals surface area (Å²) in [4.78, 5) is 15.8. The SMILES string of the molecule is Cc1nnn(Cc2cc(Cl)ccc2/C=C/C(=O)N2CCC(O)C[C@@H]2C)n1. The molecule has 1 fully saturated rings. The van der Waals surface area contributed by atoms with Crippen molar-refractivity contribution in [3.63, 3.8) is 0 Å². The molecule has 1 aliphatic heterocycles. The van der Waals surface area contributed by atoms with Gasteiger partial charge in [0, 0.05) is 23.7 Å². The lowest BCUT2D eigenvalue weighted by Crippen LogP contribution is -2.45. The first kappa shape index (κ1) is 18.5. The van der Waals surface area contributed by atoms with E-state index in [2.05, 4.69) is 15.4 Å². The number of halogens is 1. The van der Waals surface area contributed by atoms with Crippen molar-refractivity contribution >= 4 is 23.6 Å². The second kappa shape index (κ2) is 7.97. The van der Waals surface area contributed by atoms with Crippen molar-refractivity contribution in [2.75, 3.05) is 6.54 Å². The molecule has 2 heterocycles. The zero-order valence-electron chi connectivity index (χ0n) is 14.8. The van der Waals surface area contributed by atoms with Gasteiger partial charge in [0.15, 0.2) is 5.82 Å². The van der Waals surface area contributed by atoms with E-state index in [0.717, 1.165) is 11.1 Å². The molecule has 0 spiro atoms. The molecule has 0 saturated carbocycles. The lowest BCUT2D eigenvalue weighted by atomic mass is 10.0. The van der Waals surface area contributed by atoms with E-state index in [4.69, 9.17) is 11.6 Å². The van der Waals surface area contributed by atoms with Gasteiger partial charge in [0.1, 0.15) is 0 Å². The van der Waals surface area contributed by atoms with E-state index >= 15 is 0 Å². The molecule has 3 rings (SSSR count). The number of likely N-dealkylation sites (tertiary alicyclic amines) is 1. The molecule has 1 saturated heterocycles. The first-order valence-electron chi connectivity index (χ1n) is 8.62. The van der Waals surface area contributed by atoms with Gasteiger partial charge in [-0.25, -0.2) is 0 Å². The number of nitrogens with zero attached hydrogens (tertiary/aromatic N) is 5. The minimum Gasteiger partial charge on any atom is -0.393 e. The van der Waals surface area contributed by atoms with Crippen LogP contribution in [0.25, 0.3) is 6.08 Å². The van der Waals surface area contributed by atoms with Crippen LogP contribution < -0.4 is 0 Å². The third-order valence-corrected chi connectivity index (χ3v) is 4.74. The van der Waals surface area contributed by atoms with E-state index in [-0.39, 0.29) is 18.1 Å². The number of tetrazole rings is 1. The largest absolute Gasteiger partial charge is 0.393 e. The van der Waals surface area contributed by atoms with Gasteiger partial charge in [0.2, 0.25) is 5.91 Å². The van der Waals surface area contributed by atoms with Gasteiger partial charge in [-0.1, -0.05) is 17.7 Å². The number of aliphatic hydroxyl groups excluding tert-OH is 1. The summed E-state index contributed by atoms with van der Waals surface area (Å²) in [7, 11) is 0. The van der Waals surface area contributed by atoms with Crippen LogP contribution in [-0.4, -0.2) is 54.8 Å². The van der Waals surface area contributed by atoms with Crippen LogP contribution in [0.2, 0.25) is 5.02 Å². The maximum absolute atomic E-state index is 12.5. The average Bonchev–Trinajstić information content (AvgIpc) is 2.99. The Bertz CT molecular complexity index is 820. The number of carbonyl (C=O) groups is 1. The lowest BCUT2D eigenvalue weighted by Gasteiger charge is -2.35. The first-order chi connectivity index (χ1) is 12.4. The fraction of sp³-hybridized carbons (Fsp3) is 0.444. The Morgan fingerprint density at radius 3 is 2.96 bits per heavy atom. The molecule has 26 heavy (non-hydrogen) atoms. The monoisotopic (exact) mass is 375 g/mol. The van der Waals surface area contributed by atoms with Crippen LogP contribution >= 0.6 is 11.6 Å². The van der Waals surface area contributed by atoms with E-state index in [1.807, 2.05) is 19.1 Å². The summed E-state index contributed by atoms with van der Waals surface area (Å²) in [5, 5.41) is 22.3. The number of aryl methyl sites for hydroxylation is 1. The summed E-state index contributed by atoms with van der Waals surface area (Å²) in [5.74, 6) is 0.542. The Morgan fingerprint density at radius 1 is 1.46 bits per heavy atom. The highest BCUT2D eigenvalue weighted by atomic mass is 35.5. The molecule has 138 valence electrons. The van der Waals surface area contributed by atoms with Crippen molar-refractivity contribution in [3.8, 4) is 0 Å². The highest BCUT2D eigenvalue weighted by molar-refractivity contribution is 6.30. The Morgan fingerprint density at radius 2 is 2.27 bits per heavy atom. The van der Waals surface area contributed by atoms with Gasteiger partial charge >= 0.3 is 0 Å². The molecular formula is C18H22ClN5O2. The standard InChI is InChI=1S/C18H22ClN5O2/c1-12-9-17(25)7-8-23(12)18(26)6-4-14-3-5-16(19)10-15(14)11-24-21-13(2)20-22-24/h3-6,10,12,17,25H,7-9,11H2,1-2H3/b6-4+/t12-,17?/m0/s1. The number of aromatic nitrogens is 4. The predicted octanol–water partition coefficient (Wildman–Crippen LogP) is 2.07. The molecular weight excluding hydrogens is 354 g/mol. The molecule has 1 N–H and O–H groups in total. The molecule has 1 aromatic heterocycles. The summed E-state index contributed by atoms with van der Waals surface area (Å²) in [6.07, 6.45) is 4.27. The van der Waals surface area contributed by atoms with Gasteiger partial charge in [-0.05, 0) is 61.2 Å². The van der Waals surface area contributed by atoms with Crippen molar-refractivity contribution in [1.29, 1.82) is 0 Å². The number of piperidine rings is 1. The van der Waals surface area contributed by atoms with Crippen LogP contribution in [0, 0.1) is 6.92 Å². The zero-order chi connectivity index (χ0) is 18.7. The molecule has 8 heteroatoms. The maximum Gasteiger partial charge on any atom is 0.246 e. The molecule has 1 unspecified atom stereocenters. The summed E-state index contributed by atoms with van der Waals surface area (Å²) in [6, 6.07) is 5.52. The number of rotatable bonds is 4. The third-order valence-electron chi connectivity index (χ3n) is 4.51. The number of hydrogen-bond donors (Lipinski definition) is 1. The molecule has 1 amide bonds. The molecule has 0 aliphatic carbocycles. The first-order valence-corrected chi connectivity index (χ1v) is 9.00. The summed E-state index contributed by atoms with van der Waals surface area (Å²) in [5.41, 5.74) is 1.78. The van der Waals surface area contributed by atoms with Crippen molar-refractivity contribution in [2.45, 2.75) is 45.4 Å². The summed E-state index contributed by atoms with van der Waals surface area (Å²) >= 11 is 6.12. The lowest BCUT2D eigenvalue weighted by molar-refractivity contribution is -0.130. The Kier molecular flexibility index (Phi) is 5.68. The van der Waals surface area contributed by atoms with Gasteiger partial charge in [0.05, 0.1) is 12.6 Å². The molecule has 1 aliphatic rings.